The van der Waals surface area contributed by atoms with Crippen LogP contribution < -0.4 is 0 Å². The van der Waals surface area contributed by atoms with Gasteiger partial charge in [0.05, 0.1) is 0 Å². The summed E-state index contributed by atoms with van der Waals surface area (Å²) in [4.78, 5) is 13.8. The summed E-state index contributed by atoms with van der Waals surface area (Å²) in [7, 11) is 0. The van der Waals surface area contributed by atoms with E-state index in [1.807, 2.05) is 0 Å². The van der Waals surface area contributed by atoms with Crippen LogP contribution in [-0.4, -0.2) is 21.0 Å². The SMILES string of the molecule is O=C1C[C@@H]2C[C@H]1c1c(O)[nH]c(O)c12. The van der Waals surface area contributed by atoms with Crippen molar-refractivity contribution in [1.82, 2.24) is 4.98 Å². The number of Topliss-reactive ketones (excluding diaryl/α,β-unsaturated/α-hetero) is 1. The Kier molecular flexibility index (Phi) is 1.02. The van der Waals surface area contributed by atoms with E-state index >= 15 is 0 Å². The van der Waals surface area contributed by atoms with E-state index in [1.54, 1.807) is 0 Å². The second-order valence-corrected chi connectivity index (χ2v) is 3.81. The molecule has 2 aliphatic rings. The van der Waals surface area contributed by atoms with Gasteiger partial charge in [0.1, 0.15) is 5.78 Å². The molecule has 1 saturated carbocycles. The van der Waals surface area contributed by atoms with Crippen molar-refractivity contribution in [2.45, 2.75) is 24.7 Å². The van der Waals surface area contributed by atoms with Crippen LogP contribution in [0.2, 0.25) is 0 Å². The highest BCUT2D eigenvalue weighted by atomic mass is 16.3. The fourth-order valence-electron chi connectivity index (χ4n) is 2.65. The topological polar surface area (TPSA) is 73.3 Å². The van der Waals surface area contributed by atoms with E-state index in [9.17, 15) is 15.0 Å². The van der Waals surface area contributed by atoms with Crippen LogP contribution in [0.15, 0.2) is 0 Å². The first kappa shape index (κ1) is 7.00. The number of aromatic hydroxyl groups is 2. The Bertz CT molecular complexity index is 407. The molecule has 2 atom stereocenters. The first-order valence-electron chi connectivity index (χ1n) is 4.35. The number of carbonyl (C=O) groups is 1. The van der Waals surface area contributed by atoms with Crippen LogP contribution in [0.1, 0.15) is 35.8 Å². The maximum Gasteiger partial charge on any atom is 0.195 e. The van der Waals surface area contributed by atoms with Crippen molar-refractivity contribution >= 4 is 5.78 Å². The number of aromatic amines is 1. The summed E-state index contributed by atoms with van der Waals surface area (Å²) in [5.74, 6) is 0.147. The van der Waals surface area contributed by atoms with Crippen LogP contribution in [0.3, 0.4) is 0 Å². The Morgan fingerprint density at radius 1 is 1.23 bits per heavy atom. The molecule has 3 rings (SSSR count). The Hall–Kier alpha value is -1.45. The molecular weight excluding hydrogens is 170 g/mol. The van der Waals surface area contributed by atoms with Crippen molar-refractivity contribution in [3.63, 3.8) is 0 Å². The molecule has 0 aliphatic heterocycles. The fourth-order valence-corrected chi connectivity index (χ4v) is 2.65. The van der Waals surface area contributed by atoms with Gasteiger partial charge in [0.2, 0.25) is 0 Å². The molecule has 0 saturated heterocycles. The highest BCUT2D eigenvalue weighted by molar-refractivity contribution is 5.93. The van der Waals surface area contributed by atoms with Crippen LogP contribution in [0.5, 0.6) is 11.8 Å². The van der Waals surface area contributed by atoms with E-state index in [2.05, 4.69) is 4.98 Å². The van der Waals surface area contributed by atoms with Gasteiger partial charge in [-0.25, -0.2) is 0 Å². The summed E-state index contributed by atoms with van der Waals surface area (Å²) >= 11 is 0. The lowest BCUT2D eigenvalue weighted by molar-refractivity contribution is -0.118. The minimum absolute atomic E-state index is 0.0342. The van der Waals surface area contributed by atoms with Crippen LogP contribution in [0, 0.1) is 0 Å². The Morgan fingerprint density at radius 2 is 1.92 bits per heavy atom. The van der Waals surface area contributed by atoms with Gasteiger partial charge in [0.25, 0.3) is 0 Å². The van der Waals surface area contributed by atoms with Crippen molar-refractivity contribution in [2.75, 3.05) is 0 Å². The van der Waals surface area contributed by atoms with E-state index in [0.29, 0.717) is 12.0 Å². The lowest BCUT2D eigenvalue weighted by Gasteiger charge is -2.08. The van der Waals surface area contributed by atoms with Crippen molar-refractivity contribution in [3.8, 4) is 11.8 Å². The molecule has 0 amide bonds. The Balaban J connectivity index is 2.28. The summed E-state index contributed by atoms with van der Waals surface area (Å²) < 4.78 is 0. The third-order valence-electron chi connectivity index (χ3n) is 3.15. The predicted molar refractivity (Wildman–Crippen MR) is 43.8 cm³/mol. The molecule has 0 unspecified atom stereocenters. The molecule has 1 aromatic heterocycles. The molecule has 0 spiro atoms. The predicted octanol–water partition coefficient (Wildman–Crippen LogP) is 0.970. The van der Waals surface area contributed by atoms with Crippen molar-refractivity contribution in [2.24, 2.45) is 0 Å². The molecule has 1 heterocycles. The summed E-state index contributed by atoms with van der Waals surface area (Å²) in [5, 5.41) is 18.9. The quantitative estimate of drug-likeness (QED) is 0.555. The number of nitrogens with one attached hydrogen (secondary N) is 1. The standard InChI is InChI=1S/C9H9NO3/c11-5-2-3-1-4(5)7-6(3)8(12)10-9(7)13/h3-4,10,12-13H,1-2H2/t3-,4+/m0/s1. The molecule has 4 nitrogen and oxygen atoms in total. The minimum atomic E-state index is -0.169. The maximum absolute atomic E-state index is 11.4. The first-order valence-corrected chi connectivity index (χ1v) is 4.35. The Morgan fingerprint density at radius 3 is 2.69 bits per heavy atom. The second kappa shape index (κ2) is 1.89. The zero-order valence-electron chi connectivity index (χ0n) is 6.87. The van der Waals surface area contributed by atoms with Crippen molar-refractivity contribution < 1.29 is 15.0 Å². The average molecular weight is 179 g/mol. The average Bonchev–Trinajstić information content (AvgIpc) is 2.64. The van der Waals surface area contributed by atoms with Gasteiger partial charge >= 0.3 is 0 Å². The number of H-pyrrole nitrogens is 1. The highest BCUT2D eigenvalue weighted by Gasteiger charge is 2.47. The summed E-state index contributed by atoms with van der Waals surface area (Å²) in [5.41, 5.74) is 1.40. The molecule has 68 valence electrons. The van der Waals surface area contributed by atoms with E-state index in [1.165, 1.54) is 0 Å². The van der Waals surface area contributed by atoms with Crippen LogP contribution in [0.4, 0.5) is 0 Å². The highest BCUT2D eigenvalue weighted by Crippen LogP contribution is 2.56. The van der Waals surface area contributed by atoms with E-state index < -0.39 is 0 Å². The normalized spacial score (nSPS) is 29.7. The molecule has 0 aromatic carbocycles. The molecule has 0 radical (unpaired) electrons. The number of aromatic nitrogens is 1. The largest absolute Gasteiger partial charge is 0.494 e. The zero-order valence-corrected chi connectivity index (χ0v) is 6.87. The summed E-state index contributed by atoms with van der Waals surface area (Å²) in [6.07, 6.45) is 1.28. The number of ketones is 1. The third kappa shape index (κ3) is 0.646. The van der Waals surface area contributed by atoms with Gasteiger partial charge in [0, 0.05) is 23.5 Å². The summed E-state index contributed by atoms with van der Waals surface area (Å²) in [6.45, 7) is 0. The molecular formula is C9H9NO3. The molecule has 2 bridgehead atoms. The van der Waals surface area contributed by atoms with E-state index in [-0.39, 0.29) is 29.4 Å². The monoisotopic (exact) mass is 179 g/mol. The Labute approximate surface area is 74.2 Å². The smallest absolute Gasteiger partial charge is 0.195 e. The lowest BCUT2D eigenvalue weighted by atomic mass is 9.94. The van der Waals surface area contributed by atoms with Gasteiger partial charge in [-0.15, -0.1) is 0 Å². The maximum atomic E-state index is 11.4. The molecule has 2 aliphatic carbocycles. The number of rotatable bonds is 0. The molecule has 1 aromatic rings. The first-order chi connectivity index (χ1) is 6.18. The molecule has 13 heavy (non-hydrogen) atoms. The molecule has 1 fully saturated rings. The van der Waals surface area contributed by atoms with Crippen LogP contribution in [0.25, 0.3) is 0 Å². The summed E-state index contributed by atoms with van der Waals surface area (Å²) in [6, 6.07) is 0. The van der Waals surface area contributed by atoms with Gasteiger partial charge in [-0.2, -0.15) is 0 Å². The second-order valence-electron chi connectivity index (χ2n) is 3.81. The van der Waals surface area contributed by atoms with E-state index in [4.69, 9.17) is 0 Å². The molecule has 4 heteroatoms. The number of fused-ring (bicyclic) bond motifs is 5. The lowest BCUT2D eigenvalue weighted by Crippen LogP contribution is -2.07. The third-order valence-corrected chi connectivity index (χ3v) is 3.15. The molecule has 3 N–H and O–H groups in total. The van der Waals surface area contributed by atoms with Gasteiger partial charge in [-0.1, -0.05) is 0 Å². The van der Waals surface area contributed by atoms with Crippen LogP contribution in [-0.2, 0) is 4.79 Å². The number of hydrogen-bond acceptors (Lipinski definition) is 3. The van der Waals surface area contributed by atoms with Gasteiger partial charge < -0.3 is 10.2 Å². The number of carbonyl (C=O) groups excluding carboxylic acids is 1. The van der Waals surface area contributed by atoms with Crippen molar-refractivity contribution in [1.29, 1.82) is 0 Å². The van der Waals surface area contributed by atoms with Crippen molar-refractivity contribution in [3.05, 3.63) is 11.1 Å². The van der Waals surface area contributed by atoms with E-state index in [0.717, 1.165) is 12.0 Å². The van der Waals surface area contributed by atoms with Gasteiger partial charge in [0.15, 0.2) is 11.8 Å². The number of hydrogen-bond donors (Lipinski definition) is 3. The zero-order chi connectivity index (χ0) is 9.16. The fraction of sp³-hybridized carbons (Fsp3) is 0.444. The minimum Gasteiger partial charge on any atom is -0.494 e. The van der Waals surface area contributed by atoms with Gasteiger partial charge in [-0.3, -0.25) is 9.78 Å². The van der Waals surface area contributed by atoms with Crippen LogP contribution >= 0.6 is 0 Å². The van der Waals surface area contributed by atoms with Gasteiger partial charge in [-0.05, 0) is 12.3 Å².